The highest BCUT2D eigenvalue weighted by atomic mass is 16.5. The predicted molar refractivity (Wildman–Crippen MR) is 72.1 cm³/mol. The van der Waals surface area contributed by atoms with Gasteiger partial charge < -0.3 is 9.47 Å². The van der Waals surface area contributed by atoms with E-state index < -0.39 is 11.9 Å². The molecule has 0 heterocycles. The van der Waals surface area contributed by atoms with Crippen molar-refractivity contribution in [2.45, 2.75) is 20.8 Å². The maximum Gasteiger partial charge on any atom is 0.338 e. The molecule has 0 saturated heterocycles. The fourth-order valence-corrected chi connectivity index (χ4v) is 1.18. The zero-order valence-corrected chi connectivity index (χ0v) is 11.3. The van der Waals surface area contributed by atoms with Crippen molar-refractivity contribution in [2.75, 3.05) is 0 Å². The Morgan fingerprint density at radius 1 is 1.00 bits per heavy atom. The predicted octanol–water partition coefficient (Wildman–Crippen LogP) is 2.96. The first-order valence-corrected chi connectivity index (χ1v) is 5.67. The van der Waals surface area contributed by atoms with Crippen LogP contribution in [-0.4, -0.2) is 11.9 Å². The van der Waals surface area contributed by atoms with Crippen LogP contribution in [-0.2, 0) is 9.59 Å². The van der Waals surface area contributed by atoms with Crippen LogP contribution in [0.15, 0.2) is 42.5 Å². The highest BCUT2D eigenvalue weighted by molar-refractivity contribution is 5.89. The second-order valence-electron chi connectivity index (χ2n) is 4.27. The number of carbonyl (C=O) groups is 2. The van der Waals surface area contributed by atoms with Gasteiger partial charge in [0.25, 0.3) is 0 Å². The third-order valence-electron chi connectivity index (χ3n) is 2.26. The Kier molecular flexibility index (Phi) is 4.64. The highest BCUT2D eigenvalue weighted by Crippen LogP contribution is 2.24. The summed E-state index contributed by atoms with van der Waals surface area (Å²) < 4.78 is 10.2. The summed E-state index contributed by atoms with van der Waals surface area (Å²) in [6, 6.07) is 4.73. The molecule has 0 bridgehead atoms. The van der Waals surface area contributed by atoms with Gasteiger partial charge in [-0.05, 0) is 44.5 Å². The van der Waals surface area contributed by atoms with Crippen LogP contribution in [0.25, 0.3) is 0 Å². The topological polar surface area (TPSA) is 52.6 Å². The van der Waals surface area contributed by atoms with E-state index in [2.05, 4.69) is 13.2 Å². The van der Waals surface area contributed by atoms with E-state index >= 15 is 0 Å². The van der Waals surface area contributed by atoms with Crippen molar-refractivity contribution in [3.8, 4) is 11.5 Å². The second-order valence-corrected chi connectivity index (χ2v) is 4.27. The van der Waals surface area contributed by atoms with Crippen molar-refractivity contribution in [1.82, 2.24) is 0 Å². The number of hydrogen-bond acceptors (Lipinski definition) is 4. The molecule has 0 aliphatic rings. The number of hydrogen-bond donors (Lipinski definition) is 0. The summed E-state index contributed by atoms with van der Waals surface area (Å²) in [7, 11) is 0. The van der Waals surface area contributed by atoms with Crippen LogP contribution >= 0.6 is 0 Å². The smallest absolute Gasteiger partial charge is 0.338 e. The summed E-state index contributed by atoms with van der Waals surface area (Å²) in [6.45, 7) is 11.9. The minimum atomic E-state index is -0.494. The van der Waals surface area contributed by atoms with E-state index in [0.29, 0.717) is 28.2 Å². The lowest BCUT2D eigenvalue weighted by Gasteiger charge is -2.09. The molecular formula is C15H16O4. The Bertz CT molecular complexity index is 555. The average Bonchev–Trinajstić information content (AvgIpc) is 2.32. The van der Waals surface area contributed by atoms with Crippen molar-refractivity contribution in [2.24, 2.45) is 0 Å². The van der Waals surface area contributed by atoms with Crippen LogP contribution in [0.1, 0.15) is 19.4 Å². The van der Waals surface area contributed by atoms with E-state index in [1.54, 1.807) is 39.0 Å². The molecule has 1 rings (SSSR count). The largest absolute Gasteiger partial charge is 0.423 e. The molecule has 1 aromatic rings. The maximum atomic E-state index is 11.4. The summed E-state index contributed by atoms with van der Waals surface area (Å²) in [6.07, 6.45) is 0. The zero-order chi connectivity index (χ0) is 14.6. The van der Waals surface area contributed by atoms with Gasteiger partial charge in [0.15, 0.2) is 0 Å². The molecule has 4 nitrogen and oxygen atoms in total. The van der Waals surface area contributed by atoms with Crippen molar-refractivity contribution < 1.29 is 19.1 Å². The molecule has 0 atom stereocenters. The van der Waals surface area contributed by atoms with Gasteiger partial charge in [0.1, 0.15) is 11.5 Å². The van der Waals surface area contributed by atoms with Crippen molar-refractivity contribution in [3.05, 3.63) is 48.1 Å². The second kappa shape index (κ2) is 6.00. The van der Waals surface area contributed by atoms with E-state index in [1.807, 2.05) is 0 Å². The Balaban J connectivity index is 2.86. The first-order chi connectivity index (χ1) is 8.81. The molecule has 0 fully saturated rings. The molecular weight excluding hydrogens is 244 g/mol. The first-order valence-electron chi connectivity index (χ1n) is 5.67. The van der Waals surface area contributed by atoms with E-state index in [0.717, 1.165) is 0 Å². The first kappa shape index (κ1) is 14.7. The standard InChI is InChI=1S/C15H16O4/c1-9(2)14(16)18-12-6-7-13(11(5)8-12)19-15(17)10(3)4/h6-8H,1,3H2,2,4-5H3. The van der Waals surface area contributed by atoms with E-state index in [1.165, 1.54) is 0 Å². The average molecular weight is 260 g/mol. The molecule has 1 aromatic carbocycles. The van der Waals surface area contributed by atoms with Crippen LogP contribution in [0, 0.1) is 6.92 Å². The quantitative estimate of drug-likeness (QED) is 0.474. The fourth-order valence-electron chi connectivity index (χ4n) is 1.18. The molecule has 0 aromatic heterocycles. The summed E-state index contributed by atoms with van der Waals surface area (Å²) in [5.74, 6) is -0.204. The lowest BCUT2D eigenvalue weighted by molar-refractivity contribution is -0.131. The number of esters is 2. The normalized spacial score (nSPS) is 9.63. The van der Waals surface area contributed by atoms with Gasteiger partial charge in [0.2, 0.25) is 0 Å². The number of benzene rings is 1. The minimum Gasteiger partial charge on any atom is -0.423 e. The monoisotopic (exact) mass is 260 g/mol. The van der Waals surface area contributed by atoms with Gasteiger partial charge >= 0.3 is 11.9 Å². The van der Waals surface area contributed by atoms with Gasteiger partial charge in [-0.25, -0.2) is 9.59 Å². The van der Waals surface area contributed by atoms with Crippen LogP contribution in [0.4, 0.5) is 0 Å². The number of ether oxygens (including phenoxy) is 2. The Morgan fingerprint density at radius 3 is 2.00 bits per heavy atom. The van der Waals surface area contributed by atoms with Crippen molar-refractivity contribution in [1.29, 1.82) is 0 Å². The summed E-state index contributed by atoms with van der Waals surface area (Å²) in [5, 5.41) is 0. The molecule has 4 heteroatoms. The number of rotatable bonds is 4. The van der Waals surface area contributed by atoms with Crippen molar-refractivity contribution in [3.63, 3.8) is 0 Å². The molecule has 0 unspecified atom stereocenters. The molecule has 0 aliphatic heterocycles. The SMILES string of the molecule is C=C(C)C(=O)Oc1ccc(OC(=O)C(=C)C)c(C)c1. The van der Waals surface area contributed by atoms with Gasteiger partial charge in [-0.3, -0.25) is 0 Å². The molecule has 0 spiro atoms. The van der Waals surface area contributed by atoms with Crippen LogP contribution < -0.4 is 9.47 Å². The molecule has 100 valence electrons. The van der Waals surface area contributed by atoms with Gasteiger partial charge in [-0.1, -0.05) is 13.2 Å². The molecule has 0 aliphatic carbocycles. The Labute approximate surface area is 112 Å². The van der Waals surface area contributed by atoms with E-state index in [-0.39, 0.29) is 0 Å². The van der Waals surface area contributed by atoms with Gasteiger partial charge in [-0.15, -0.1) is 0 Å². The number of carbonyl (C=O) groups excluding carboxylic acids is 2. The molecule has 0 N–H and O–H groups in total. The van der Waals surface area contributed by atoms with Gasteiger partial charge in [-0.2, -0.15) is 0 Å². The zero-order valence-electron chi connectivity index (χ0n) is 11.3. The molecule has 19 heavy (non-hydrogen) atoms. The van der Waals surface area contributed by atoms with Crippen molar-refractivity contribution >= 4 is 11.9 Å². The molecule has 0 amide bonds. The van der Waals surface area contributed by atoms with Crippen LogP contribution in [0.5, 0.6) is 11.5 Å². The van der Waals surface area contributed by atoms with E-state index in [4.69, 9.17) is 9.47 Å². The van der Waals surface area contributed by atoms with E-state index in [9.17, 15) is 9.59 Å². The third kappa shape index (κ3) is 4.10. The fraction of sp³-hybridized carbons (Fsp3) is 0.200. The number of aryl methyl sites for hydroxylation is 1. The minimum absolute atomic E-state index is 0.315. The third-order valence-corrected chi connectivity index (χ3v) is 2.26. The summed E-state index contributed by atoms with van der Waals surface area (Å²) in [5.41, 5.74) is 1.31. The summed E-state index contributed by atoms with van der Waals surface area (Å²) in [4.78, 5) is 22.8. The Morgan fingerprint density at radius 2 is 1.53 bits per heavy atom. The maximum absolute atomic E-state index is 11.4. The Hall–Kier alpha value is -2.36. The van der Waals surface area contributed by atoms with Crippen LogP contribution in [0.3, 0.4) is 0 Å². The van der Waals surface area contributed by atoms with Gasteiger partial charge in [0, 0.05) is 11.1 Å². The highest BCUT2D eigenvalue weighted by Gasteiger charge is 2.10. The van der Waals surface area contributed by atoms with Gasteiger partial charge in [0.05, 0.1) is 0 Å². The molecule has 0 radical (unpaired) electrons. The van der Waals surface area contributed by atoms with Crippen LogP contribution in [0.2, 0.25) is 0 Å². The lowest BCUT2D eigenvalue weighted by atomic mass is 10.2. The summed E-state index contributed by atoms with van der Waals surface area (Å²) >= 11 is 0. The lowest BCUT2D eigenvalue weighted by Crippen LogP contribution is -2.10. The molecule has 0 saturated carbocycles.